The lowest BCUT2D eigenvalue weighted by molar-refractivity contribution is -0.155. The molecule has 0 spiro atoms. The zero-order chi connectivity index (χ0) is 22.6. The van der Waals surface area contributed by atoms with Crippen molar-refractivity contribution in [2.75, 3.05) is 13.6 Å². The molecule has 4 atom stereocenters. The zero-order valence-corrected chi connectivity index (χ0v) is 18.1. The van der Waals surface area contributed by atoms with E-state index in [1.54, 1.807) is 41.1 Å². The summed E-state index contributed by atoms with van der Waals surface area (Å²) in [4.78, 5) is 58.8. The van der Waals surface area contributed by atoms with Crippen LogP contribution in [0.25, 0.3) is 0 Å². The van der Waals surface area contributed by atoms with Crippen molar-refractivity contribution in [2.45, 2.75) is 31.5 Å². The summed E-state index contributed by atoms with van der Waals surface area (Å²) in [5.41, 5.74) is -0.0489. The molecule has 3 saturated heterocycles. The normalized spacial score (nSPS) is 29.0. The van der Waals surface area contributed by atoms with Crippen molar-refractivity contribution in [1.82, 2.24) is 14.7 Å². The van der Waals surface area contributed by atoms with Crippen molar-refractivity contribution in [1.29, 1.82) is 0 Å². The minimum absolute atomic E-state index is 0.175. The molecule has 0 N–H and O–H groups in total. The number of likely N-dealkylation sites (tertiary alicyclic amines) is 2. The van der Waals surface area contributed by atoms with Gasteiger partial charge in [0, 0.05) is 19.2 Å². The van der Waals surface area contributed by atoms with E-state index in [2.05, 4.69) is 0 Å². The second kappa shape index (κ2) is 7.29. The van der Waals surface area contributed by atoms with Crippen LogP contribution in [0.15, 0.2) is 60.7 Å². The summed E-state index contributed by atoms with van der Waals surface area (Å²) in [5, 5.41) is 0. The smallest absolute Gasteiger partial charge is 0.255 e. The number of nitrogens with zero attached hydrogens (tertiary/aromatic N) is 3. The molecule has 3 heterocycles. The molecule has 3 aliphatic rings. The molecule has 2 aromatic rings. The zero-order valence-electron chi connectivity index (χ0n) is 18.1. The molecule has 0 unspecified atom stereocenters. The molecule has 4 amide bonds. The summed E-state index contributed by atoms with van der Waals surface area (Å²) in [6, 6.07) is 17.6. The number of likely N-dealkylation sites (N-methyl/N-ethyl adjacent to an activating group) is 1. The molecule has 164 valence electrons. The van der Waals surface area contributed by atoms with E-state index < -0.39 is 23.4 Å². The van der Waals surface area contributed by atoms with E-state index in [0.29, 0.717) is 5.56 Å². The molecule has 32 heavy (non-hydrogen) atoms. The second-order valence-electron chi connectivity index (χ2n) is 8.82. The van der Waals surface area contributed by atoms with Crippen LogP contribution in [-0.4, -0.2) is 63.5 Å². The third-order valence-corrected chi connectivity index (χ3v) is 7.27. The van der Waals surface area contributed by atoms with Crippen LogP contribution in [0.5, 0.6) is 0 Å². The quantitative estimate of drug-likeness (QED) is 0.693. The number of benzene rings is 2. The average molecular weight is 431 g/mol. The number of piperazine rings is 1. The van der Waals surface area contributed by atoms with Crippen LogP contribution in [0.4, 0.5) is 0 Å². The summed E-state index contributed by atoms with van der Waals surface area (Å²) in [7, 11) is 1.68. The van der Waals surface area contributed by atoms with Crippen LogP contribution in [0.1, 0.15) is 29.3 Å². The van der Waals surface area contributed by atoms with E-state index >= 15 is 0 Å². The summed E-state index contributed by atoms with van der Waals surface area (Å²) in [5.74, 6) is -2.80. The molecule has 2 aromatic carbocycles. The molecule has 5 rings (SSSR count). The summed E-state index contributed by atoms with van der Waals surface area (Å²) < 4.78 is 0. The Morgan fingerprint density at radius 2 is 1.59 bits per heavy atom. The molecule has 2 bridgehead atoms. The molecule has 0 aliphatic carbocycles. The van der Waals surface area contributed by atoms with Gasteiger partial charge in [-0.25, -0.2) is 0 Å². The number of carbonyl (C=O) groups excluding carboxylic acids is 4. The molecule has 3 fully saturated rings. The van der Waals surface area contributed by atoms with Gasteiger partial charge in [0.2, 0.25) is 17.7 Å². The Morgan fingerprint density at radius 3 is 2.22 bits per heavy atom. The Bertz CT molecular complexity index is 1100. The largest absolute Gasteiger partial charge is 0.342 e. The third kappa shape index (κ3) is 2.60. The first-order valence-corrected chi connectivity index (χ1v) is 10.9. The lowest BCUT2D eigenvalue weighted by Gasteiger charge is -2.48. The summed E-state index contributed by atoms with van der Waals surface area (Å²) in [6.45, 7) is 2.23. The van der Waals surface area contributed by atoms with Gasteiger partial charge >= 0.3 is 0 Å². The first kappa shape index (κ1) is 20.4. The Kier molecular flexibility index (Phi) is 4.65. The third-order valence-electron chi connectivity index (χ3n) is 7.27. The Hall–Kier alpha value is -3.48. The molecular formula is C25H25N3O4. The van der Waals surface area contributed by atoms with Crippen LogP contribution >= 0.6 is 0 Å². The first-order chi connectivity index (χ1) is 15.4. The standard InChI is InChI=1S/C25H25N3O4/c1-3-25-20-19(22(30)27(23(20)31)14-16-10-6-4-7-11-16)18(15-26(2)24(25)32)28(25)21(29)17-12-8-5-9-13-17/h4-13,18-20H,3,14-15H2,1-2H3/t18-,19+,20-,25-/m1/s1. The van der Waals surface area contributed by atoms with Crippen LogP contribution in [0.3, 0.4) is 0 Å². The molecular weight excluding hydrogens is 406 g/mol. The van der Waals surface area contributed by atoms with Gasteiger partial charge in [0.1, 0.15) is 5.54 Å². The molecule has 3 aliphatic heterocycles. The fourth-order valence-electron chi connectivity index (χ4n) is 5.89. The van der Waals surface area contributed by atoms with E-state index in [9.17, 15) is 19.2 Å². The van der Waals surface area contributed by atoms with E-state index in [1.807, 2.05) is 43.3 Å². The maximum Gasteiger partial charge on any atom is 0.255 e. The molecule has 0 saturated carbocycles. The van der Waals surface area contributed by atoms with Crippen molar-refractivity contribution in [3.05, 3.63) is 71.8 Å². The minimum atomic E-state index is -1.35. The number of rotatable bonds is 4. The number of hydrogen-bond donors (Lipinski definition) is 0. The number of hydrogen-bond acceptors (Lipinski definition) is 4. The summed E-state index contributed by atoms with van der Waals surface area (Å²) >= 11 is 0. The highest BCUT2D eigenvalue weighted by Crippen LogP contribution is 2.54. The van der Waals surface area contributed by atoms with Gasteiger partial charge in [-0.15, -0.1) is 0 Å². The minimum Gasteiger partial charge on any atom is -0.342 e. The molecule has 7 nitrogen and oxygen atoms in total. The Morgan fingerprint density at radius 1 is 0.969 bits per heavy atom. The monoisotopic (exact) mass is 431 g/mol. The highest BCUT2D eigenvalue weighted by molar-refractivity contribution is 6.13. The van der Waals surface area contributed by atoms with E-state index in [0.717, 1.165) is 5.56 Å². The van der Waals surface area contributed by atoms with E-state index in [1.165, 1.54) is 4.90 Å². The maximum absolute atomic E-state index is 13.7. The van der Waals surface area contributed by atoms with Gasteiger partial charge in [-0.1, -0.05) is 55.5 Å². The Labute approximate surface area is 186 Å². The van der Waals surface area contributed by atoms with Gasteiger partial charge in [-0.2, -0.15) is 0 Å². The summed E-state index contributed by atoms with van der Waals surface area (Å²) in [6.07, 6.45) is 0.268. The first-order valence-electron chi connectivity index (χ1n) is 10.9. The SMILES string of the molecule is CC[C@]12C(=O)N(C)C[C@H]([C@@H]3C(=O)N(Cc4ccccc4)C(=O)[C@@H]31)N2C(=O)c1ccccc1. The predicted octanol–water partition coefficient (Wildman–Crippen LogP) is 1.93. The van der Waals surface area contributed by atoms with E-state index in [-0.39, 0.29) is 43.1 Å². The number of carbonyl (C=O) groups is 4. The average Bonchev–Trinajstić information content (AvgIpc) is 3.21. The van der Waals surface area contributed by atoms with Gasteiger partial charge in [0.15, 0.2) is 0 Å². The van der Waals surface area contributed by atoms with Gasteiger partial charge in [-0.05, 0) is 24.1 Å². The highest BCUT2D eigenvalue weighted by Gasteiger charge is 2.74. The van der Waals surface area contributed by atoms with Crippen LogP contribution < -0.4 is 0 Å². The Balaban J connectivity index is 1.59. The highest BCUT2D eigenvalue weighted by atomic mass is 16.2. The van der Waals surface area contributed by atoms with Gasteiger partial charge in [-0.3, -0.25) is 24.1 Å². The lowest BCUT2D eigenvalue weighted by atomic mass is 9.78. The number of fused-ring (bicyclic) bond motifs is 5. The van der Waals surface area contributed by atoms with Crippen molar-refractivity contribution in [3.8, 4) is 0 Å². The van der Waals surface area contributed by atoms with Crippen molar-refractivity contribution >= 4 is 23.6 Å². The van der Waals surface area contributed by atoms with Crippen LogP contribution in [0.2, 0.25) is 0 Å². The fraction of sp³-hybridized carbons (Fsp3) is 0.360. The second-order valence-corrected chi connectivity index (χ2v) is 8.82. The van der Waals surface area contributed by atoms with Gasteiger partial charge in [0.25, 0.3) is 5.91 Å². The number of imide groups is 1. The lowest BCUT2D eigenvalue weighted by Crippen LogP contribution is -2.68. The van der Waals surface area contributed by atoms with Gasteiger partial charge < -0.3 is 9.80 Å². The fourth-order valence-corrected chi connectivity index (χ4v) is 5.89. The van der Waals surface area contributed by atoms with Gasteiger partial charge in [0.05, 0.1) is 24.4 Å². The topological polar surface area (TPSA) is 78.0 Å². The van der Waals surface area contributed by atoms with Crippen LogP contribution in [-0.2, 0) is 20.9 Å². The van der Waals surface area contributed by atoms with Crippen molar-refractivity contribution < 1.29 is 19.2 Å². The molecule has 0 radical (unpaired) electrons. The van der Waals surface area contributed by atoms with Crippen molar-refractivity contribution in [2.24, 2.45) is 11.8 Å². The maximum atomic E-state index is 13.7. The molecule has 0 aromatic heterocycles. The van der Waals surface area contributed by atoms with Crippen molar-refractivity contribution in [3.63, 3.8) is 0 Å². The van der Waals surface area contributed by atoms with E-state index in [4.69, 9.17) is 0 Å². The predicted molar refractivity (Wildman–Crippen MR) is 116 cm³/mol. The van der Waals surface area contributed by atoms with Crippen LogP contribution in [0, 0.1) is 11.8 Å². The molecule has 7 heteroatoms. The number of amides is 4.